The Balaban J connectivity index is 4.48. The van der Waals surface area contributed by atoms with Crippen LogP contribution in [-0.4, -0.2) is 50.6 Å². The van der Waals surface area contributed by atoms with Crippen molar-refractivity contribution in [3.8, 4) is 0 Å². The van der Waals surface area contributed by atoms with E-state index in [0.29, 0.717) is 6.29 Å². The molecule has 4 unspecified atom stereocenters. The Morgan fingerprint density at radius 2 is 1.45 bits per heavy atom. The number of aldehydes is 1. The summed E-state index contributed by atoms with van der Waals surface area (Å²) in [5, 5.41) is 42.7. The lowest BCUT2D eigenvalue weighted by Crippen LogP contribution is -2.42. The molecule has 0 aromatic carbocycles. The number of unbranched alkanes of at least 4 members (excludes halogenated alkanes) is 7. The van der Waals surface area contributed by atoms with E-state index in [0.717, 1.165) is 19.3 Å². The maximum Gasteiger partial charge on any atom is 0.241 e. The summed E-state index contributed by atoms with van der Waals surface area (Å²) >= 11 is 0. The van der Waals surface area contributed by atoms with Gasteiger partial charge in [-0.2, -0.15) is 0 Å². The molecule has 0 fully saturated rings. The molecule has 0 amide bonds. The van der Waals surface area contributed by atoms with Gasteiger partial charge >= 0.3 is 0 Å². The predicted octanol–water partition coefficient (Wildman–Crippen LogP) is 3.46. The van der Waals surface area contributed by atoms with Crippen molar-refractivity contribution in [1.82, 2.24) is 0 Å². The van der Waals surface area contributed by atoms with E-state index in [1.807, 2.05) is 6.08 Å². The first-order valence-electron chi connectivity index (χ1n) is 10.6. The highest BCUT2D eigenvalue weighted by atomic mass is 16.6. The molecular formula is C20H36N2O7. The summed E-state index contributed by atoms with van der Waals surface area (Å²) < 4.78 is 0. The molecule has 0 bridgehead atoms. The van der Waals surface area contributed by atoms with Gasteiger partial charge in [0.05, 0.1) is 6.42 Å². The van der Waals surface area contributed by atoms with Gasteiger partial charge in [0, 0.05) is 22.7 Å². The van der Waals surface area contributed by atoms with E-state index in [-0.39, 0.29) is 25.7 Å². The SMILES string of the molecule is CCCCCCCC/C=C\CC(O)C(CC(O)C(CCCC=O)[N+](=O)[O-])[N+](=O)[O-]. The first kappa shape index (κ1) is 27.1. The molecule has 0 aromatic heterocycles. The number of carbonyl (C=O) groups is 1. The topological polar surface area (TPSA) is 144 Å². The summed E-state index contributed by atoms with van der Waals surface area (Å²) in [6.45, 7) is 2.16. The van der Waals surface area contributed by atoms with E-state index in [4.69, 9.17) is 0 Å². The first-order chi connectivity index (χ1) is 13.8. The standard InChI is InChI=1S/C20H36N2O7/c1-2-3-4-5-6-7-8-9-10-14-19(24)18(22(28)29)16-20(25)17(21(26)27)13-11-12-15-23/h9-10,15,17-20,24-25H,2-8,11-14,16H2,1H3/b10-9-. The van der Waals surface area contributed by atoms with Crippen LogP contribution in [0, 0.1) is 20.2 Å². The van der Waals surface area contributed by atoms with E-state index >= 15 is 0 Å². The van der Waals surface area contributed by atoms with Crippen molar-refractivity contribution in [3.05, 3.63) is 32.4 Å². The number of aliphatic hydroxyl groups is 2. The fourth-order valence-electron chi connectivity index (χ4n) is 3.19. The number of hydrogen-bond acceptors (Lipinski definition) is 7. The number of carbonyl (C=O) groups excluding carboxylic acids is 1. The molecule has 0 rings (SSSR count). The van der Waals surface area contributed by atoms with Crippen molar-refractivity contribution in [1.29, 1.82) is 0 Å². The second-order valence-corrected chi connectivity index (χ2v) is 7.44. The van der Waals surface area contributed by atoms with Gasteiger partial charge in [-0.25, -0.2) is 0 Å². The fraction of sp³-hybridized carbons (Fsp3) is 0.850. The molecule has 0 saturated carbocycles. The van der Waals surface area contributed by atoms with Gasteiger partial charge in [0.2, 0.25) is 12.1 Å². The average Bonchev–Trinajstić information content (AvgIpc) is 2.67. The van der Waals surface area contributed by atoms with E-state index in [9.17, 15) is 35.2 Å². The van der Waals surface area contributed by atoms with Crippen LogP contribution in [0.3, 0.4) is 0 Å². The van der Waals surface area contributed by atoms with Crippen LogP contribution in [0.2, 0.25) is 0 Å². The number of nitro groups is 2. The fourth-order valence-corrected chi connectivity index (χ4v) is 3.19. The molecule has 4 atom stereocenters. The molecular weight excluding hydrogens is 380 g/mol. The molecule has 0 aliphatic carbocycles. The molecule has 9 heteroatoms. The third-order valence-electron chi connectivity index (χ3n) is 5.00. The second kappa shape index (κ2) is 17.0. The highest BCUT2D eigenvalue weighted by molar-refractivity contribution is 5.48. The molecule has 9 nitrogen and oxygen atoms in total. The maximum absolute atomic E-state index is 11.3. The second-order valence-electron chi connectivity index (χ2n) is 7.44. The lowest BCUT2D eigenvalue weighted by Gasteiger charge is -2.20. The first-order valence-corrected chi connectivity index (χ1v) is 10.6. The molecule has 0 aliphatic heterocycles. The molecule has 2 N–H and O–H groups in total. The summed E-state index contributed by atoms with van der Waals surface area (Å²) in [5.74, 6) is 0. The molecule has 168 valence electrons. The molecule has 0 radical (unpaired) electrons. The van der Waals surface area contributed by atoms with Gasteiger partial charge in [0.25, 0.3) is 0 Å². The minimum absolute atomic E-state index is 0.0500. The van der Waals surface area contributed by atoms with Crippen molar-refractivity contribution in [2.24, 2.45) is 0 Å². The number of allylic oxidation sites excluding steroid dienone is 1. The quantitative estimate of drug-likeness (QED) is 0.108. The molecule has 0 spiro atoms. The van der Waals surface area contributed by atoms with Crippen molar-refractivity contribution >= 4 is 6.29 Å². The minimum Gasteiger partial charge on any atom is -0.386 e. The Kier molecular flexibility index (Phi) is 15.9. The smallest absolute Gasteiger partial charge is 0.241 e. The van der Waals surface area contributed by atoms with Gasteiger partial charge in [0.15, 0.2) is 0 Å². The lowest BCUT2D eigenvalue weighted by atomic mass is 9.95. The van der Waals surface area contributed by atoms with Gasteiger partial charge in [-0.3, -0.25) is 20.2 Å². The maximum atomic E-state index is 11.3. The van der Waals surface area contributed by atoms with Gasteiger partial charge in [-0.15, -0.1) is 0 Å². The third kappa shape index (κ3) is 13.1. The Morgan fingerprint density at radius 3 is 2.03 bits per heavy atom. The molecule has 0 heterocycles. The Bertz CT molecular complexity index is 499. The zero-order valence-electron chi connectivity index (χ0n) is 17.4. The van der Waals surface area contributed by atoms with Gasteiger partial charge in [-0.05, 0) is 25.7 Å². The van der Waals surface area contributed by atoms with Gasteiger partial charge in [-0.1, -0.05) is 51.2 Å². The summed E-state index contributed by atoms with van der Waals surface area (Å²) in [5.41, 5.74) is 0. The lowest BCUT2D eigenvalue weighted by molar-refractivity contribution is -0.554. The summed E-state index contributed by atoms with van der Waals surface area (Å²) in [7, 11) is 0. The van der Waals surface area contributed by atoms with Crippen molar-refractivity contribution in [3.63, 3.8) is 0 Å². The van der Waals surface area contributed by atoms with Crippen molar-refractivity contribution in [2.75, 3.05) is 0 Å². The van der Waals surface area contributed by atoms with E-state index < -0.39 is 40.6 Å². The Morgan fingerprint density at radius 1 is 0.828 bits per heavy atom. The highest BCUT2D eigenvalue weighted by Gasteiger charge is 2.38. The molecule has 0 aromatic rings. The third-order valence-corrected chi connectivity index (χ3v) is 5.00. The number of aliphatic hydroxyl groups excluding tert-OH is 2. The average molecular weight is 417 g/mol. The van der Waals surface area contributed by atoms with Crippen molar-refractivity contribution < 1.29 is 24.9 Å². The van der Waals surface area contributed by atoms with Crippen LogP contribution in [0.4, 0.5) is 0 Å². The molecule has 29 heavy (non-hydrogen) atoms. The molecule has 0 aliphatic rings. The van der Waals surface area contributed by atoms with Crippen LogP contribution in [0.1, 0.15) is 84.0 Å². The zero-order chi connectivity index (χ0) is 22.1. The predicted molar refractivity (Wildman–Crippen MR) is 110 cm³/mol. The van der Waals surface area contributed by atoms with E-state index in [1.54, 1.807) is 6.08 Å². The highest BCUT2D eigenvalue weighted by Crippen LogP contribution is 2.18. The van der Waals surface area contributed by atoms with Crippen molar-refractivity contribution in [2.45, 2.75) is 108 Å². The number of nitrogens with zero attached hydrogens (tertiary/aromatic N) is 2. The Hall–Kier alpha value is -1.87. The number of rotatable bonds is 19. The summed E-state index contributed by atoms with van der Waals surface area (Å²) in [6.07, 6.45) is 9.01. The van der Waals surface area contributed by atoms with Crippen LogP contribution < -0.4 is 0 Å². The van der Waals surface area contributed by atoms with Crippen LogP contribution in [0.5, 0.6) is 0 Å². The normalized spacial score (nSPS) is 15.7. The van der Waals surface area contributed by atoms with Crippen LogP contribution >= 0.6 is 0 Å². The number of hydrogen-bond donors (Lipinski definition) is 2. The van der Waals surface area contributed by atoms with Crippen LogP contribution in [0.15, 0.2) is 12.2 Å². The van der Waals surface area contributed by atoms with Crippen LogP contribution in [-0.2, 0) is 4.79 Å². The summed E-state index contributed by atoms with van der Waals surface area (Å²) in [4.78, 5) is 31.4. The van der Waals surface area contributed by atoms with E-state index in [1.165, 1.54) is 25.7 Å². The van der Waals surface area contributed by atoms with Gasteiger partial charge < -0.3 is 15.0 Å². The van der Waals surface area contributed by atoms with E-state index in [2.05, 4.69) is 6.92 Å². The Labute approximate surface area is 172 Å². The minimum atomic E-state index is -1.56. The monoisotopic (exact) mass is 416 g/mol. The van der Waals surface area contributed by atoms with Gasteiger partial charge in [0.1, 0.15) is 18.5 Å². The zero-order valence-corrected chi connectivity index (χ0v) is 17.4. The largest absolute Gasteiger partial charge is 0.386 e. The summed E-state index contributed by atoms with van der Waals surface area (Å²) in [6, 6.07) is -2.88. The van der Waals surface area contributed by atoms with Crippen LogP contribution in [0.25, 0.3) is 0 Å². The molecule has 0 saturated heterocycles.